The van der Waals surface area contributed by atoms with Crippen molar-refractivity contribution < 1.29 is 9.09 Å². The average Bonchev–Trinajstić information content (AvgIpc) is 3.43. The number of hydrogen-bond acceptors (Lipinski definition) is 4. The monoisotopic (exact) mass is 1110 g/mol. The SMILES string of the molecule is CCCCCCCCCc1cccc(OP(=O)(Sc2cccc(CCCCCCCCC)c2CCCCCCCCC)Sc2cccc(CCCCCCCCC)c2CCCCCCCCC)c1CCCCCCCCC. The maximum atomic E-state index is 16.8. The van der Waals surface area contributed by atoms with Gasteiger partial charge in [0.2, 0.25) is 0 Å². The minimum atomic E-state index is -3.51. The Balaban J connectivity index is 2.14. The van der Waals surface area contributed by atoms with E-state index in [1.54, 1.807) is 22.8 Å². The lowest BCUT2D eigenvalue weighted by Gasteiger charge is -2.25. The second kappa shape index (κ2) is 48.0. The molecule has 0 aliphatic heterocycles. The highest BCUT2D eigenvalue weighted by Crippen LogP contribution is 2.74. The molecule has 0 atom stereocenters. The molecular weight excluding hydrogens is 992 g/mol. The molecule has 77 heavy (non-hydrogen) atoms. The van der Waals surface area contributed by atoms with E-state index in [0.29, 0.717) is 0 Å². The van der Waals surface area contributed by atoms with Crippen LogP contribution in [0.15, 0.2) is 64.4 Å². The predicted molar refractivity (Wildman–Crippen MR) is 349 cm³/mol. The Hall–Kier alpha value is -1.61. The maximum Gasteiger partial charge on any atom is 0.369 e. The molecule has 0 bridgehead atoms. The molecule has 3 aromatic carbocycles. The summed E-state index contributed by atoms with van der Waals surface area (Å²) in [6, 6.07) is 20.8. The zero-order chi connectivity index (χ0) is 55.1. The van der Waals surface area contributed by atoms with Crippen LogP contribution in [0.4, 0.5) is 0 Å². The summed E-state index contributed by atoms with van der Waals surface area (Å²) in [5.41, 5.74) is 8.64. The minimum absolute atomic E-state index is 0.889. The van der Waals surface area contributed by atoms with Gasteiger partial charge in [0.1, 0.15) is 5.75 Å². The molecule has 0 aliphatic rings. The average molecular weight is 1120 g/mol. The maximum absolute atomic E-state index is 16.8. The zero-order valence-corrected chi connectivity index (χ0v) is 54.2. The summed E-state index contributed by atoms with van der Waals surface area (Å²) in [7, 11) is 0. The van der Waals surface area contributed by atoms with Crippen LogP contribution in [-0.2, 0) is 43.1 Å². The lowest BCUT2D eigenvalue weighted by molar-refractivity contribution is 0.509. The van der Waals surface area contributed by atoms with E-state index in [-0.39, 0.29) is 0 Å². The molecule has 0 saturated carbocycles. The van der Waals surface area contributed by atoms with Crippen molar-refractivity contribution in [1.29, 1.82) is 0 Å². The molecular formula is C72H123O2PS2. The molecule has 0 radical (unpaired) electrons. The van der Waals surface area contributed by atoms with Gasteiger partial charge in [-0.1, -0.05) is 309 Å². The Bertz CT molecular complexity index is 1680. The normalized spacial score (nSPS) is 11.8. The van der Waals surface area contributed by atoms with E-state index in [2.05, 4.69) is 96.1 Å². The molecule has 0 aromatic heterocycles. The van der Waals surface area contributed by atoms with Crippen LogP contribution in [0.25, 0.3) is 0 Å². The molecule has 2 nitrogen and oxygen atoms in total. The van der Waals surface area contributed by atoms with Crippen LogP contribution in [0.2, 0.25) is 0 Å². The Morgan fingerprint density at radius 3 is 0.818 bits per heavy atom. The molecule has 0 heterocycles. The fraction of sp³-hybridized carbons (Fsp3) is 0.750. The minimum Gasteiger partial charge on any atom is -0.428 e. The van der Waals surface area contributed by atoms with Gasteiger partial charge in [0, 0.05) is 9.79 Å². The van der Waals surface area contributed by atoms with Gasteiger partial charge in [-0.25, -0.2) is 0 Å². The number of hydrogen-bond donors (Lipinski definition) is 0. The number of unbranched alkanes of at least 4 members (excludes halogenated alkanes) is 36. The lowest BCUT2D eigenvalue weighted by Crippen LogP contribution is -2.02. The smallest absolute Gasteiger partial charge is 0.369 e. The van der Waals surface area contributed by atoms with Gasteiger partial charge in [-0.15, -0.1) is 0 Å². The van der Waals surface area contributed by atoms with Gasteiger partial charge in [-0.05, 0) is 151 Å². The van der Waals surface area contributed by atoms with Crippen LogP contribution < -0.4 is 4.52 Å². The molecule has 0 amide bonds. The molecule has 0 spiro atoms. The van der Waals surface area contributed by atoms with Crippen molar-refractivity contribution >= 4 is 28.5 Å². The van der Waals surface area contributed by atoms with Crippen molar-refractivity contribution in [3.8, 4) is 5.75 Å². The Morgan fingerprint density at radius 1 is 0.286 bits per heavy atom. The largest absolute Gasteiger partial charge is 0.428 e. The van der Waals surface area contributed by atoms with Gasteiger partial charge in [0.25, 0.3) is 0 Å². The third-order valence-electron chi connectivity index (χ3n) is 16.6. The highest BCUT2D eigenvalue weighted by molar-refractivity contribution is 8.89. The van der Waals surface area contributed by atoms with Gasteiger partial charge in [-0.2, -0.15) is 0 Å². The van der Waals surface area contributed by atoms with Gasteiger partial charge in [0.05, 0.1) is 0 Å². The Labute approximate surface area is 487 Å². The Kier molecular flexibility index (Phi) is 43.4. The standard InChI is InChI=1S/C72H123O2PS2/c1-7-13-19-25-31-37-43-52-64-55-49-61-70(67(64)58-46-40-34-28-22-16-10-4)74-75(73,76-71-62-50-56-65(53-44-38-32-26-20-14-8-2)68(71)59-47-41-35-29-23-17-11-5)77-72-63-51-57-66(54-45-39-33-27-21-15-9-3)69(72)60-48-42-36-30-24-18-12-6/h49-51,55-57,61-63H,7-48,52-54,58-60H2,1-6H3. The number of benzene rings is 3. The summed E-state index contributed by atoms with van der Waals surface area (Å²) in [5.74, 6) is -2.62. The highest BCUT2D eigenvalue weighted by Gasteiger charge is 2.33. The van der Waals surface area contributed by atoms with Crippen molar-refractivity contribution in [2.24, 2.45) is 0 Å². The summed E-state index contributed by atoms with van der Waals surface area (Å²) in [5, 5.41) is 0. The van der Waals surface area contributed by atoms with Crippen molar-refractivity contribution in [3.05, 3.63) is 88.0 Å². The van der Waals surface area contributed by atoms with E-state index < -0.39 is 5.77 Å². The van der Waals surface area contributed by atoms with Crippen LogP contribution in [0.1, 0.15) is 345 Å². The molecule has 0 aliphatic carbocycles. The summed E-state index contributed by atoms with van der Waals surface area (Å²) >= 11 is 3.23. The third-order valence-corrected chi connectivity index (χ3v) is 22.9. The van der Waals surface area contributed by atoms with E-state index in [1.807, 2.05) is 0 Å². The zero-order valence-electron chi connectivity index (χ0n) is 51.7. The van der Waals surface area contributed by atoms with Crippen LogP contribution in [0.3, 0.4) is 0 Å². The van der Waals surface area contributed by atoms with Crippen LogP contribution >= 0.6 is 28.5 Å². The van der Waals surface area contributed by atoms with Crippen molar-refractivity contribution in [1.82, 2.24) is 0 Å². The first-order chi connectivity index (χ1) is 37.9. The number of aryl methyl sites for hydroxylation is 3. The summed E-state index contributed by atoms with van der Waals surface area (Å²) in [4.78, 5) is 2.40. The van der Waals surface area contributed by atoms with Gasteiger partial charge in [0.15, 0.2) is 0 Å². The topological polar surface area (TPSA) is 26.3 Å². The first-order valence-electron chi connectivity index (χ1n) is 33.9. The van der Waals surface area contributed by atoms with E-state index in [1.165, 1.54) is 306 Å². The number of rotatable bonds is 54. The van der Waals surface area contributed by atoms with Crippen molar-refractivity contribution in [2.75, 3.05) is 0 Å². The lowest BCUT2D eigenvalue weighted by atomic mass is 9.95. The molecule has 440 valence electrons. The second-order valence-corrected chi connectivity index (χ2v) is 30.6. The van der Waals surface area contributed by atoms with E-state index >= 15 is 4.57 Å². The van der Waals surface area contributed by atoms with Crippen molar-refractivity contribution in [2.45, 2.75) is 360 Å². The van der Waals surface area contributed by atoms with Crippen LogP contribution in [0, 0.1) is 0 Å². The van der Waals surface area contributed by atoms with E-state index in [9.17, 15) is 0 Å². The second-order valence-electron chi connectivity index (χ2n) is 23.6. The molecule has 0 unspecified atom stereocenters. The first-order valence-corrected chi connectivity index (χ1v) is 38.4. The predicted octanol–water partition coefficient (Wildman–Crippen LogP) is 26.5. The molecule has 0 fully saturated rings. The van der Waals surface area contributed by atoms with Gasteiger partial charge in [-0.3, -0.25) is 4.57 Å². The van der Waals surface area contributed by atoms with Gasteiger partial charge < -0.3 is 4.52 Å². The van der Waals surface area contributed by atoms with Gasteiger partial charge >= 0.3 is 5.77 Å². The Morgan fingerprint density at radius 2 is 0.519 bits per heavy atom. The molecule has 5 heteroatoms. The van der Waals surface area contributed by atoms with Crippen molar-refractivity contribution in [3.63, 3.8) is 0 Å². The first kappa shape index (κ1) is 69.7. The van der Waals surface area contributed by atoms with E-state index in [0.717, 1.165) is 50.7 Å². The summed E-state index contributed by atoms with van der Waals surface area (Å²) in [6.45, 7) is 13.9. The summed E-state index contributed by atoms with van der Waals surface area (Å²) < 4.78 is 24.3. The fourth-order valence-corrected chi connectivity index (χ4v) is 18.7. The highest BCUT2D eigenvalue weighted by atomic mass is 33.1. The molecule has 3 rings (SSSR count). The van der Waals surface area contributed by atoms with Crippen LogP contribution in [0.5, 0.6) is 5.75 Å². The molecule has 3 aromatic rings. The third kappa shape index (κ3) is 32.6. The van der Waals surface area contributed by atoms with Crippen LogP contribution in [-0.4, -0.2) is 0 Å². The quantitative estimate of drug-likeness (QED) is 0.0416. The fourth-order valence-electron chi connectivity index (χ4n) is 11.7. The van der Waals surface area contributed by atoms with E-state index in [4.69, 9.17) is 4.52 Å². The molecule has 0 N–H and O–H groups in total. The molecule has 0 saturated heterocycles. The summed E-state index contributed by atoms with van der Waals surface area (Å²) in [6.07, 6.45) is 61.3.